The van der Waals surface area contributed by atoms with Crippen molar-refractivity contribution in [1.29, 1.82) is 0 Å². The second-order valence-electron chi connectivity index (χ2n) is 18.3. The number of allylic oxidation sites excluding steroid dienone is 19. The first-order chi connectivity index (χ1) is 36.2. The summed E-state index contributed by atoms with van der Waals surface area (Å²) in [5.74, 6) is -1.64. The Bertz CT molecular complexity index is 1700. The number of hydrogen-bond acceptors (Lipinski definition) is 10. The number of phosphoric ester groups is 1. The van der Waals surface area contributed by atoms with Gasteiger partial charge in [-0.2, -0.15) is 0 Å². The largest absolute Gasteiger partial charge is 0.472 e. The number of phosphoric acid groups is 1. The van der Waals surface area contributed by atoms with Gasteiger partial charge in [0.25, 0.3) is 0 Å². The SMILES string of the molecule is CC/C=C\C/C=C\C/C=C\C/C=C\C/C=C\CC(=O)OC(CO)COP(=O)(O)OCC(COC(=O)CCCCCCC/C=C\C/C=C\C/C=C\CC)OC(=O)CCCCCCCCC/C=C\C/C=C\CCCCC. The maximum atomic E-state index is 12.9. The fraction of sp³-hybridized carbons (Fsp3) is 0.629. The molecule has 0 fully saturated rings. The highest BCUT2D eigenvalue weighted by atomic mass is 31.2. The molecule has 2 N–H and O–H groups in total. The Morgan fingerprint density at radius 3 is 1.19 bits per heavy atom. The Kier molecular flexibility index (Phi) is 52.1. The lowest BCUT2D eigenvalue weighted by Crippen LogP contribution is -2.30. The van der Waals surface area contributed by atoms with Gasteiger partial charge in [0.2, 0.25) is 0 Å². The van der Waals surface area contributed by atoms with E-state index >= 15 is 0 Å². The predicted octanol–water partition coefficient (Wildman–Crippen LogP) is 16.8. The van der Waals surface area contributed by atoms with E-state index in [1.54, 1.807) is 6.08 Å². The zero-order valence-corrected chi connectivity index (χ0v) is 47.2. The quantitative estimate of drug-likeness (QED) is 0.0197. The van der Waals surface area contributed by atoms with E-state index in [0.717, 1.165) is 116 Å². The van der Waals surface area contributed by atoms with Gasteiger partial charge < -0.3 is 24.2 Å². The minimum absolute atomic E-state index is 0.0623. The molecule has 0 saturated carbocycles. The molecule has 3 atom stereocenters. The fourth-order valence-corrected chi connectivity index (χ4v) is 7.91. The van der Waals surface area contributed by atoms with Crippen LogP contribution < -0.4 is 0 Å². The molecule has 420 valence electrons. The van der Waals surface area contributed by atoms with Crippen molar-refractivity contribution in [1.82, 2.24) is 0 Å². The fourth-order valence-electron chi connectivity index (χ4n) is 7.12. The van der Waals surface area contributed by atoms with Gasteiger partial charge in [-0.15, -0.1) is 0 Å². The number of esters is 3. The average Bonchev–Trinajstić information content (AvgIpc) is 3.39. The average molecular weight is 1050 g/mol. The summed E-state index contributed by atoms with van der Waals surface area (Å²) < 4.78 is 39.4. The standard InChI is InChI=1S/C62H101O11P/c1-4-7-10-13-16-19-22-25-28-29-32-35-38-41-44-47-50-53-62(66)73-59(55-69-60(64)51-48-45-42-39-36-33-30-26-23-20-17-14-11-8-5-2)57-71-74(67,68)70-56-58(54-63)72-61(65)52-49-46-43-40-37-34-31-27-24-21-18-15-12-9-6-3/h8-9,11-12,16-21,25-28,30-31,37,40,46,49,58-59,63H,4-7,10,13-15,22-24,29,32-36,38-39,41-45,47-48,50-57H2,1-3H3,(H,67,68)/b11-8-,12-9-,19-16-,20-17-,21-18-,28-25-,30-26-,31-27-,40-37-,49-46-. The number of rotatable bonds is 51. The number of carbonyl (C=O) groups excluding carboxylic acids is 3. The Hall–Kier alpha value is -4.12. The second kappa shape index (κ2) is 55.1. The van der Waals surface area contributed by atoms with Crippen molar-refractivity contribution in [2.75, 3.05) is 26.4 Å². The molecule has 12 heteroatoms. The Labute approximate surface area is 449 Å². The maximum Gasteiger partial charge on any atom is 0.472 e. The normalized spacial score (nSPS) is 14.3. The van der Waals surface area contributed by atoms with E-state index in [9.17, 15) is 28.9 Å². The molecule has 74 heavy (non-hydrogen) atoms. The summed E-state index contributed by atoms with van der Waals surface area (Å²) in [5.41, 5.74) is 0. The molecule has 0 aromatic carbocycles. The molecular weight excluding hydrogens is 952 g/mol. The molecule has 0 aromatic heterocycles. The smallest absolute Gasteiger partial charge is 0.462 e. The summed E-state index contributed by atoms with van der Waals surface area (Å²) in [6, 6.07) is 0. The number of ether oxygens (including phenoxy) is 3. The van der Waals surface area contributed by atoms with Gasteiger partial charge in [0.15, 0.2) is 6.10 Å². The molecule has 0 rings (SSSR count). The van der Waals surface area contributed by atoms with Crippen LogP contribution in [0.1, 0.15) is 213 Å². The van der Waals surface area contributed by atoms with Crippen LogP contribution in [0.2, 0.25) is 0 Å². The van der Waals surface area contributed by atoms with Crippen LogP contribution >= 0.6 is 7.82 Å². The van der Waals surface area contributed by atoms with Crippen LogP contribution in [-0.4, -0.2) is 66.5 Å². The van der Waals surface area contributed by atoms with E-state index in [1.807, 2.05) is 18.2 Å². The first kappa shape index (κ1) is 69.9. The molecule has 0 heterocycles. The summed E-state index contributed by atoms with van der Waals surface area (Å²) in [6.07, 6.45) is 67.5. The van der Waals surface area contributed by atoms with Gasteiger partial charge in [-0.05, 0) is 109 Å². The van der Waals surface area contributed by atoms with Crippen molar-refractivity contribution in [2.24, 2.45) is 0 Å². The first-order valence-electron chi connectivity index (χ1n) is 28.4. The molecule has 0 saturated heterocycles. The number of hydrogen-bond donors (Lipinski definition) is 2. The maximum absolute atomic E-state index is 12.9. The van der Waals surface area contributed by atoms with Gasteiger partial charge in [0.05, 0.1) is 26.2 Å². The third-order valence-corrected chi connectivity index (χ3v) is 12.3. The molecule has 0 aromatic rings. The third kappa shape index (κ3) is 52.7. The van der Waals surface area contributed by atoms with Crippen LogP contribution in [0.15, 0.2) is 122 Å². The molecule has 0 amide bonds. The summed E-state index contributed by atoms with van der Waals surface area (Å²) in [7, 11) is -4.79. The number of unbranched alkanes of at least 4 members (excludes halogenated alkanes) is 15. The Morgan fingerprint density at radius 1 is 0.405 bits per heavy atom. The first-order valence-corrected chi connectivity index (χ1v) is 29.9. The number of aliphatic hydroxyl groups is 1. The van der Waals surface area contributed by atoms with Crippen molar-refractivity contribution in [2.45, 2.75) is 226 Å². The lowest BCUT2D eigenvalue weighted by atomic mass is 10.1. The highest BCUT2D eigenvalue weighted by Crippen LogP contribution is 2.43. The summed E-state index contributed by atoms with van der Waals surface area (Å²) in [5, 5.41) is 9.79. The van der Waals surface area contributed by atoms with Gasteiger partial charge >= 0.3 is 25.7 Å². The lowest BCUT2D eigenvalue weighted by molar-refractivity contribution is -0.161. The summed E-state index contributed by atoms with van der Waals surface area (Å²) >= 11 is 0. The zero-order valence-electron chi connectivity index (χ0n) is 46.3. The second-order valence-corrected chi connectivity index (χ2v) is 19.8. The lowest BCUT2D eigenvalue weighted by Gasteiger charge is -2.21. The van der Waals surface area contributed by atoms with Crippen LogP contribution in [0, 0.1) is 0 Å². The van der Waals surface area contributed by atoms with Crippen LogP contribution in [-0.2, 0) is 42.2 Å². The molecule has 3 unspecified atom stereocenters. The van der Waals surface area contributed by atoms with E-state index in [1.165, 1.54) is 38.5 Å². The number of carbonyl (C=O) groups is 3. The molecule has 0 aliphatic rings. The van der Waals surface area contributed by atoms with E-state index in [4.69, 9.17) is 23.3 Å². The molecule has 11 nitrogen and oxygen atoms in total. The summed E-state index contributed by atoms with van der Waals surface area (Å²) in [4.78, 5) is 48.5. The molecule has 0 aliphatic heterocycles. The van der Waals surface area contributed by atoms with E-state index in [0.29, 0.717) is 19.3 Å². The predicted molar refractivity (Wildman–Crippen MR) is 306 cm³/mol. The molecule has 0 radical (unpaired) electrons. The van der Waals surface area contributed by atoms with Crippen molar-refractivity contribution < 1.29 is 52.2 Å². The van der Waals surface area contributed by atoms with Crippen molar-refractivity contribution in [3.63, 3.8) is 0 Å². The van der Waals surface area contributed by atoms with Gasteiger partial charge in [0, 0.05) is 12.8 Å². The van der Waals surface area contributed by atoms with Gasteiger partial charge in [-0.3, -0.25) is 23.4 Å². The topological polar surface area (TPSA) is 155 Å². The van der Waals surface area contributed by atoms with Crippen molar-refractivity contribution >= 4 is 25.7 Å². The highest BCUT2D eigenvalue weighted by Gasteiger charge is 2.28. The van der Waals surface area contributed by atoms with Gasteiger partial charge in [0.1, 0.15) is 12.7 Å². The Morgan fingerprint density at radius 2 is 0.757 bits per heavy atom. The molecule has 0 bridgehead atoms. The highest BCUT2D eigenvalue weighted by molar-refractivity contribution is 7.47. The van der Waals surface area contributed by atoms with Crippen molar-refractivity contribution in [3.05, 3.63) is 122 Å². The molecular formula is C62H101O11P. The van der Waals surface area contributed by atoms with E-state index in [2.05, 4.69) is 118 Å². The van der Waals surface area contributed by atoms with Gasteiger partial charge in [-0.25, -0.2) is 4.57 Å². The third-order valence-electron chi connectivity index (χ3n) is 11.4. The summed E-state index contributed by atoms with van der Waals surface area (Å²) in [6.45, 7) is 4.24. The van der Waals surface area contributed by atoms with Crippen LogP contribution in [0.5, 0.6) is 0 Å². The van der Waals surface area contributed by atoms with E-state index in [-0.39, 0.29) is 25.9 Å². The minimum atomic E-state index is -4.79. The minimum Gasteiger partial charge on any atom is -0.462 e. The van der Waals surface area contributed by atoms with Crippen molar-refractivity contribution in [3.8, 4) is 0 Å². The zero-order chi connectivity index (χ0) is 54.1. The van der Waals surface area contributed by atoms with E-state index < -0.39 is 57.8 Å². The molecule has 0 aliphatic carbocycles. The number of aliphatic hydroxyl groups excluding tert-OH is 1. The molecule has 0 spiro atoms. The van der Waals surface area contributed by atoms with Crippen LogP contribution in [0.25, 0.3) is 0 Å². The Balaban J connectivity index is 4.86. The monoisotopic (exact) mass is 1050 g/mol. The van der Waals surface area contributed by atoms with Gasteiger partial charge in [-0.1, -0.05) is 206 Å². The van der Waals surface area contributed by atoms with Crippen LogP contribution in [0.3, 0.4) is 0 Å². The van der Waals surface area contributed by atoms with Crippen LogP contribution in [0.4, 0.5) is 0 Å².